The lowest BCUT2D eigenvalue weighted by Gasteiger charge is -2.24. The lowest BCUT2D eigenvalue weighted by Crippen LogP contribution is -2.34. The zero-order chi connectivity index (χ0) is 11.8. The molecule has 5 nitrogen and oxygen atoms in total. The molecular weight excluding hydrogens is 216 g/mol. The van der Waals surface area contributed by atoms with Gasteiger partial charge in [0.25, 0.3) is 0 Å². The molecule has 1 aromatic heterocycles. The van der Waals surface area contributed by atoms with Gasteiger partial charge in [0.1, 0.15) is 11.9 Å². The molecule has 1 unspecified atom stereocenters. The largest absolute Gasteiger partial charge is 0.385 e. The van der Waals surface area contributed by atoms with Gasteiger partial charge in [-0.05, 0) is 24.8 Å². The van der Waals surface area contributed by atoms with Crippen LogP contribution in [0.2, 0.25) is 0 Å². The smallest absolute Gasteiger partial charge is 0.346 e. The molecule has 1 aliphatic heterocycles. The molecule has 2 aliphatic rings. The van der Waals surface area contributed by atoms with Crippen molar-refractivity contribution in [3.8, 4) is 0 Å². The van der Waals surface area contributed by atoms with Gasteiger partial charge < -0.3 is 10.6 Å². The van der Waals surface area contributed by atoms with Gasteiger partial charge in [0, 0.05) is 24.5 Å². The van der Waals surface area contributed by atoms with E-state index in [4.69, 9.17) is 5.73 Å². The molecular formula is C12H14N4O. The topological polar surface area (TPSA) is 71.6 Å². The molecule has 3 rings (SSSR count). The van der Waals surface area contributed by atoms with Crippen molar-refractivity contribution in [1.82, 2.24) is 9.88 Å². The van der Waals surface area contributed by atoms with E-state index in [0.717, 1.165) is 12.1 Å². The average Bonchev–Trinajstić information content (AvgIpc) is 3.08. The Balaban J connectivity index is 1.89. The van der Waals surface area contributed by atoms with Crippen LogP contribution in [-0.4, -0.2) is 28.3 Å². The minimum absolute atomic E-state index is 0.219. The van der Waals surface area contributed by atoms with Crippen molar-refractivity contribution in [3.63, 3.8) is 0 Å². The van der Waals surface area contributed by atoms with Crippen LogP contribution in [-0.2, 0) is 0 Å². The number of aromatic nitrogens is 1. The van der Waals surface area contributed by atoms with Gasteiger partial charge in [-0.3, -0.25) is 4.98 Å². The standard InChI is InChI=1S/C12H14N4O/c13-11-10(9-2-1-5-14-6-9)16(12(17)15-11)7-8-3-4-8/h1-2,5-6,8,10H,3-4,7H2,(H2,13,15,17). The van der Waals surface area contributed by atoms with E-state index >= 15 is 0 Å². The number of amidine groups is 1. The molecule has 0 bridgehead atoms. The number of pyridine rings is 1. The molecule has 1 fully saturated rings. The summed E-state index contributed by atoms with van der Waals surface area (Å²) >= 11 is 0. The van der Waals surface area contributed by atoms with Crippen LogP contribution in [0, 0.1) is 5.92 Å². The van der Waals surface area contributed by atoms with Crippen LogP contribution in [0.4, 0.5) is 4.79 Å². The summed E-state index contributed by atoms with van der Waals surface area (Å²) < 4.78 is 0. The Hall–Kier alpha value is -1.91. The predicted octanol–water partition coefficient (Wildman–Crippen LogP) is 1.33. The number of aliphatic imine (C=N–C) groups is 1. The predicted molar refractivity (Wildman–Crippen MR) is 63.4 cm³/mol. The lowest BCUT2D eigenvalue weighted by molar-refractivity contribution is 0.204. The van der Waals surface area contributed by atoms with Crippen molar-refractivity contribution in [1.29, 1.82) is 0 Å². The van der Waals surface area contributed by atoms with E-state index in [1.165, 1.54) is 12.8 Å². The van der Waals surface area contributed by atoms with Gasteiger partial charge in [0.05, 0.1) is 0 Å². The molecule has 2 N–H and O–H groups in total. The zero-order valence-corrected chi connectivity index (χ0v) is 9.41. The van der Waals surface area contributed by atoms with E-state index in [1.54, 1.807) is 17.3 Å². The highest BCUT2D eigenvalue weighted by atomic mass is 16.2. The summed E-state index contributed by atoms with van der Waals surface area (Å²) in [5.41, 5.74) is 6.78. The van der Waals surface area contributed by atoms with E-state index in [1.807, 2.05) is 12.1 Å². The first-order valence-electron chi connectivity index (χ1n) is 5.80. The maximum absolute atomic E-state index is 11.8. The second-order valence-corrected chi connectivity index (χ2v) is 4.60. The Bertz CT molecular complexity index is 467. The fraction of sp³-hybridized carbons (Fsp3) is 0.417. The first-order chi connectivity index (χ1) is 8.25. The fourth-order valence-corrected chi connectivity index (χ4v) is 2.16. The van der Waals surface area contributed by atoms with Gasteiger partial charge in [0.2, 0.25) is 0 Å². The maximum Gasteiger partial charge on any atom is 0.346 e. The van der Waals surface area contributed by atoms with Crippen molar-refractivity contribution in [2.24, 2.45) is 16.6 Å². The molecule has 2 amide bonds. The molecule has 0 spiro atoms. The number of nitrogens with two attached hydrogens (primary N) is 1. The van der Waals surface area contributed by atoms with Gasteiger partial charge in [-0.2, -0.15) is 4.99 Å². The zero-order valence-electron chi connectivity index (χ0n) is 9.41. The minimum atomic E-state index is -0.225. The molecule has 2 heterocycles. The Labute approximate surface area is 99.4 Å². The molecule has 1 atom stereocenters. The van der Waals surface area contributed by atoms with Crippen molar-refractivity contribution < 1.29 is 4.79 Å². The van der Waals surface area contributed by atoms with Crippen LogP contribution in [0.25, 0.3) is 0 Å². The van der Waals surface area contributed by atoms with Gasteiger partial charge in [-0.25, -0.2) is 4.79 Å². The van der Waals surface area contributed by atoms with Crippen molar-refractivity contribution in [3.05, 3.63) is 30.1 Å². The van der Waals surface area contributed by atoms with Crippen LogP contribution >= 0.6 is 0 Å². The maximum atomic E-state index is 11.8. The van der Waals surface area contributed by atoms with Crippen LogP contribution < -0.4 is 5.73 Å². The van der Waals surface area contributed by atoms with Crippen LogP contribution in [0.1, 0.15) is 24.4 Å². The average molecular weight is 230 g/mol. The van der Waals surface area contributed by atoms with Gasteiger partial charge in [-0.1, -0.05) is 6.07 Å². The second kappa shape index (κ2) is 3.84. The Kier molecular flexibility index (Phi) is 2.31. The number of amides is 2. The number of carbonyl (C=O) groups excluding carboxylic acids is 1. The molecule has 0 saturated heterocycles. The monoisotopic (exact) mass is 230 g/mol. The quantitative estimate of drug-likeness (QED) is 0.851. The molecule has 0 radical (unpaired) electrons. The fourth-order valence-electron chi connectivity index (χ4n) is 2.16. The highest BCUT2D eigenvalue weighted by molar-refractivity contribution is 6.03. The summed E-state index contributed by atoms with van der Waals surface area (Å²) in [5.74, 6) is 1.00. The lowest BCUT2D eigenvalue weighted by atomic mass is 10.1. The molecule has 17 heavy (non-hydrogen) atoms. The number of hydrogen-bond acceptors (Lipinski definition) is 3. The normalized spacial score (nSPS) is 24.0. The Morgan fingerprint density at radius 1 is 1.47 bits per heavy atom. The first kappa shape index (κ1) is 10.3. The molecule has 1 saturated carbocycles. The summed E-state index contributed by atoms with van der Waals surface area (Å²) in [6, 6.07) is 3.33. The SMILES string of the molecule is NC1=NC(=O)N(CC2CC2)C1c1cccnc1. The van der Waals surface area contributed by atoms with Crippen LogP contribution in [0.15, 0.2) is 29.5 Å². The van der Waals surface area contributed by atoms with Crippen LogP contribution in [0.5, 0.6) is 0 Å². The molecule has 0 aromatic carbocycles. The molecule has 5 heteroatoms. The highest BCUT2D eigenvalue weighted by Crippen LogP contribution is 2.35. The highest BCUT2D eigenvalue weighted by Gasteiger charge is 2.38. The Morgan fingerprint density at radius 2 is 2.29 bits per heavy atom. The molecule has 1 aliphatic carbocycles. The summed E-state index contributed by atoms with van der Waals surface area (Å²) in [6.07, 6.45) is 5.84. The summed E-state index contributed by atoms with van der Waals surface area (Å²) in [4.78, 5) is 21.5. The van der Waals surface area contributed by atoms with E-state index in [-0.39, 0.29) is 12.1 Å². The Morgan fingerprint density at radius 3 is 2.94 bits per heavy atom. The van der Waals surface area contributed by atoms with Gasteiger partial charge in [-0.15, -0.1) is 0 Å². The summed E-state index contributed by atoms with van der Waals surface area (Å²) in [6.45, 7) is 0.753. The number of hydrogen-bond donors (Lipinski definition) is 1. The van der Waals surface area contributed by atoms with E-state index < -0.39 is 0 Å². The number of nitrogens with zero attached hydrogens (tertiary/aromatic N) is 3. The second-order valence-electron chi connectivity index (χ2n) is 4.60. The van der Waals surface area contributed by atoms with Gasteiger partial charge >= 0.3 is 6.03 Å². The van der Waals surface area contributed by atoms with E-state index in [0.29, 0.717) is 11.8 Å². The van der Waals surface area contributed by atoms with Crippen molar-refractivity contribution >= 4 is 11.9 Å². The van der Waals surface area contributed by atoms with Gasteiger partial charge in [0.15, 0.2) is 0 Å². The summed E-state index contributed by atoms with van der Waals surface area (Å²) in [5, 5.41) is 0. The minimum Gasteiger partial charge on any atom is -0.385 e. The first-order valence-corrected chi connectivity index (χ1v) is 5.80. The number of rotatable bonds is 3. The third kappa shape index (κ3) is 1.88. The number of urea groups is 1. The summed E-state index contributed by atoms with van der Waals surface area (Å²) in [7, 11) is 0. The molecule has 1 aromatic rings. The third-order valence-corrected chi connectivity index (χ3v) is 3.21. The van der Waals surface area contributed by atoms with E-state index in [9.17, 15) is 4.79 Å². The van der Waals surface area contributed by atoms with Crippen molar-refractivity contribution in [2.45, 2.75) is 18.9 Å². The van der Waals surface area contributed by atoms with Crippen LogP contribution in [0.3, 0.4) is 0 Å². The molecule has 88 valence electrons. The number of carbonyl (C=O) groups is 1. The van der Waals surface area contributed by atoms with Crippen molar-refractivity contribution in [2.75, 3.05) is 6.54 Å². The third-order valence-electron chi connectivity index (χ3n) is 3.21. The van der Waals surface area contributed by atoms with E-state index in [2.05, 4.69) is 9.98 Å².